The van der Waals surface area contributed by atoms with E-state index in [9.17, 15) is 14.7 Å². The number of hydrogen-bond donors (Lipinski definition) is 1. The molecule has 3 rings (SSSR count). The molecule has 0 aliphatic carbocycles. The average Bonchev–Trinajstić information content (AvgIpc) is 2.60. The molecular formula is C20H16O4. The van der Waals surface area contributed by atoms with Crippen LogP contribution in [0.3, 0.4) is 0 Å². The molecule has 0 aliphatic rings. The maximum atomic E-state index is 12.0. The molecule has 1 aromatic heterocycles. The third kappa shape index (κ3) is 3.43. The van der Waals surface area contributed by atoms with Crippen LogP contribution in [0, 0.1) is 0 Å². The summed E-state index contributed by atoms with van der Waals surface area (Å²) in [6.45, 7) is 0. The fourth-order valence-corrected chi connectivity index (χ4v) is 2.48. The van der Waals surface area contributed by atoms with E-state index in [4.69, 9.17) is 4.42 Å². The Morgan fingerprint density at radius 2 is 1.75 bits per heavy atom. The fourth-order valence-electron chi connectivity index (χ4n) is 2.48. The molecular weight excluding hydrogens is 304 g/mol. The molecule has 0 fully saturated rings. The van der Waals surface area contributed by atoms with Crippen molar-refractivity contribution in [1.82, 2.24) is 0 Å². The molecule has 0 saturated heterocycles. The lowest BCUT2D eigenvalue weighted by molar-refractivity contribution is -0.114. The van der Waals surface area contributed by atoms with Gasteiger partial charge in [-0.3, -0.25) is 4.79 Å². The molecule has 0 bridgehead atoms. The number of hydrogen-bond acceptors (Lipinski definition) is 4. The Bertz CT molecular complexity index is 952. The first-order valence-corrected chi connectivity index (χ1v) is 7.65. The number of rotatable bonds is 5. The van der Waals surface area contributed by atoms with Crippen LogP contribution in [0.25, 0.3) is 17.0 Å². The topological polar surface area (TPSA) is 67.5 Å². The molecule has 120 valence electrons. The zero-order valence-corrected chi connectivity index (χ0v) is 12.9. The largest absolute Gasteiger partial charge is 0.507 e. The summed E-state index contributed by atoms with van der Waals surface area (Å²) in [4.78, 5) is 24.0. The zero-order valence-electron chi connectivity index (χ0n) is 12.9. The first-order valence-electron chi connectivity index (χ1n) is 7.65. The van der Waals surface area contributed by atoms with E-state index in [1.807, 2.05) is 30.3 Å². The number of aromatic hydroxyl groups is 1. The molecule has 1 heterocycles. The van der Waals surface area contributed by atoms with Crippen molar-refractivity contribution in [2.24, 2.45) is 0 Å². The van der Waals surface area contributed by atoms with Crippen LogP contribution in [-0.4, -0.2) is 10.9 Å². The first-order chi connectivity index (χ1) is 11.6. The Morgan fingerprint density at radius 1 is 1.04 bits per heavy atom. The Morgan fingerprint density at radius 3 is 2.54 bits per heavy atom. The van der Waals surface area contributed by atoms with Gasteiger partial charge in [0.15, 0.2) is 5.78 Å². The summed E-state index contributed by atoms with van der Waals surface area (Å²) < 4.78 is 5.19. The van der Waals surface area contributed by atoms with Crippen molar-refractivity contribution in [2.75, 3.05) is 0 Å². The summed E-state index contributed by atoms with van der Waals surface area (Å²) in [5.41, 5.74) is 0.791. The highest BCUT2D eigenvalue weighted by Crippen LogP contribution is 2.26. The molecule has 24 heavy (non-hydrogen) atoms. The number of allylic oxidation sites excluding steroid dienone is 1. The predicted molar refractivity (Wildman–Crippen MR) is 93.0 cm³/mol. The molecule has 3 aromatic rings. The quantitative estimate of drug-likeness (QED) is 0.575. The predicted octanol–water partition coefficient (Wildman–Crippen LogP) is 3.71. The van der Waals surface area contributed by atoms with E-state index in [2.05, 4.69) is 0 Å². The van der Waals surface area contributed by atoms with Gasteiger partial charge in [-0.1, -0.05) is 48.5 Å². The van der Waals surface area contributed by atoms with Gasteiger partial charge in [-0.05, 0) is 30.2 Å². The van der Waals surface area contributed by atoms with E-state index in [-0.39, 0.29) is 29.9 Å². The number of fused-ring (bicyclic) bond motifs is 1. The summed E-state index contributed by atoms with van der Waals surface area (Å²) in [7, 11) is 0. The maximum absolute atomic E-state index is 12.0. The van der Waals surface area contributed by atoms with Crippen LogP contribution >= 0.6 is 0 Å². The Balaban J connectivity index is 1.75. The molecule has 1 N–H and O–H groups in total. The van der Waals surface area contributed by atoms with Crippen LogP contribution in [0.15, 0.2) is 69.9 Å². The van der Waals surface area contributed by atoms with Crippen LogP contribution in [0.2, 0.25) is 0 Å². The number of carbonyl (C=O) groups is 1. The number of para-hydroxylation sites is 1. The standard InChI is InChI=1S/C20H16O4/c21-15(11-10-14-6-2-1-3-7-14)12-13-17-19(22)16-8-4-5-9-18(16)24-20(17)23/h1-11,22H,12-13H2/b11-10-. The van der Waals surface area contributed by atoms with E-state index in [1.165, 1.54) is 6.08 Å². The lowest BCUT2D eigenvalue weighted by Crippen LogP contribution is -2.09. The molecule has 0 unspecified atom stereocenters. The van der Waals surface area contributed by atoms with Gasteiger partial charge in [0.25, 0.3) is 0 Å². The third-order valence-corrected chi connectivity index (χ3v) is 3.76. The van der Waals surface area contributed by atoms with Crippen molar-refractivity contribution in [1.29, 1.82) is 0 Å². The second-order valence-electron chi connectivity index (χ2n) is 5.42. The highest BCUT2D eigenvalue weighted by Gasteiger charge is 2.14. The van der Waals surface area contributed by atoms with Crippen LogP contribution in [0.4, 0.5) is 0 Å². The Kier molecular flexibility index (Phi) is 4.57. The Labute approximate surface area is 138 Å². The van der Waals surface area contributed by atoms with Crippen molar-refractivity contribution in [3.8, 4) is 5.75 Å². The average molecular weight is 320 g/mol. The van der Waals surface area contributed by atoms with Crippen molar-refractivity contribution >= 4 is 22.8 Å². The van der Waals surface area contributed by atoms with Gasteiger partial charge in [-0.2, -0.15) is 0 Å². The van der Waals surface area contributed by atoms with E-state index in [0.717, 1.165) is 5.56 Å². The number of benzene rings is 2. The molecule has 0 spiro atoms. The van der Waals surface area contributed by atoms with Crippen molar-refractivity contribution in [3.05, 3.63) is 82.2 Å². The summed E-state index contributed by atoms with van der Waals surface area (Å²) in [5, 5.41) is 10.7. The lowest BCUT2D eigenvalue weighted by atomic mass is 10.1. The second-order valence-corrected chi connectivity index (χ2v) is 5.42. The van der Waals surface area contributed by atoms with Crippen LogP contribution < -0.4 is 5.63 Å². The smallest absolute Gasteiger partial charge is 0.343 e. The van der Waals surface area contributed by atoms with Crippen molar-refractivity contribution in [3.63, 3.8) is 0 Å². The van der Waals surface area contributed by atoms with Crippen LogP contribution in [0.5, 0.6) is 5.75 Å². The van der Waals surface area contributed by atoms with Gasteiger partial charge < -0.3 is 9.52 Å². The SMILES string of the molecule is O=C(/C=C\c1ccccc1)CCc1c(O)c2ccccc2oc1=O. The monoisotopic (exact) mass is 320 g/mol. The fraction of sp³-hybridized carbons (Fsp3) is 0.100. The minimum atomic E-state index is -0.606. The molecule has 0 saturated carbocycles. The van der Waals surface area contributed by atoms with Crippen LogP contribution in [0.1, 0.15) is 17.5 Å². The van der Waals surface area contributed by atoms with Crippen molar-refractivity contribution in [2.45, 2.75) is 12.8 Å². The van der Waals surface area contributed by atoms with E-state index in [0.29, 0.717) is 11.0 Å². The second kappa shape index (κ2) is 6.96. The minimum Gasteiger partial charge on any atom is -0.507 e. The van der Waals surface area contributed by atoms with E-state index >= 15 is 0 Å². The van der Waals surface area contributed by atoms with E-state index < -0.39 is 5.63 Å². The summed E-state index contributed by atoms with van der Waals surface area (Å²) in [6, 6.07) is 16.2. The summed E-state index contributed by atoms with van der Waals surface area (Å²) in [5.74, 6) is -0.229. The number of carbonyl (C=O) groups excluding carboxylic acids is 1. The highest BCUT2D eigenvalue weighted by molar-refractivity contribution is 5.93. The highest BCUT2D eigenvalue weighted by atomic mass is 16.4. The third-order valence-electron chi connectivity index (χ3n) is 3.76. The van der Waals surface area contributed by atoms with Gasteiger partial charge in [0.2, 0.25) is 0 Å². The van der Waals surface area contributed by atoms with Gasteiger partial charge in [0.1, 0.15) is 11.3 Å². The molecule has 0 radical (unpaired) electrons. The van der Waals surface area contributed by atoms with Gasteiger partial charge in [-0.25, -0.2) is 4.79 Å². The normalized spacial score (nSPS) is 11.2. The summed E-state index contributed by atoms with van der Waals surface area (Å²) in [6.07, 6.45) is 3.47. The molecule has 2 aromatic carbocycles. The zero-order chi connectivity index (χ0) is 16.9. The molecule has 0 amide bonds. The van der Waals surface area contributed by atoms with Gasteiger partial charge >= 0.3 is 5.63 Å². The lowest BCUT2D eigenvalue weighted by Gasteiger charge is -2.05. The first kappa shape index (κ1) is 15.7. The molecule has 0 aliphatic heterocycles. The maximum Gasteiger partial charge on any atom is 0.343 e. The van der Waals surface area contributed by atoms with Gasteiger partial charge in [0, 0.05) is 6.42 Å². The van der Waals surface area contributed by atoms with Crippen LogP contribution in [-0.2, 0) is 11.2 Å². The van der Waals surface area contributed by atoms with E-state index in [1.54, 1.807) is 30.3 Å². The molecule has 0 atom stereocenters. The number of ketones is 1. The van der Waals surface area contributed by atoms with Gasteiger partial charge in [-0.15, -0.1) is 0 Å². The van der Waals surface area contributed by atoms with Gasteiger partial charge in [0.05, 0.1) is 10.9 Å². The minimum absolute atomic E-state index is 0.110. The van der Waals surface area contributed by atoms with Crippen molar-refractivity contribution < 1.29 is 14.3 Å². The summed E-state index contributed by atoms with van der Waals surface area (Å²) >= 11 is 0. The molecule has 4 heteroatoms. The Hall–Kier alpha value is -3.14. The molecule has 4 nitrogen and oxygen atoms in total.